The molecule has 5 heteroatoms. The first-order valence-corrected chi connectivity index (χ1v) is 4.73. The van der Waals surface area contributed by atoms with Gasteiger partial charge in [-0.1, -0.05) is 6.07 Å². The second-order valence-corrected chi connectivity index (χ2v) is 3.25. The second kappa shape index (κ2) is 4.81. The molecule has 1 aromatic carbocycles. The molecule has 0 aliphatic carbocycles. The average Bonchev–Trinajstić information content (AvgIpc) is 2.16. The van der Waals surface area contributed by atoms with Crippen molar-refractivity contribution in [1.29, 1.82) is 0 Å². The summed E-state index contributed by atoms with van der Waals surface area (Å²) >= 11 is 5.49. The molecule has 0 aliphatic heterocycles. The van der Waals surface area contributed by atoms with Gasteiger partial charge >= 0.3 is 0 Å². The highest BCUT2D eigenvalue weighted by Crippen LogP contribution is 2.21. The Labute approximate surface area is 87.0 Å². The summed E-state index contributed by atoms with van der Waals surface area (Å²) in [7, 11) is 0. The SMILES string of the molecule is Cc1ccc(NCCCl)cc1[N+](=O)[O-]. The molecule has 0 amide bonds. The summed E-state index contributed by atoms with van der Waals surface area (Å²) in [4.78, 5) is 10.2. The van der Waals surface area contributed by atoms with Crippen LogP contribution in [0.5, 0.6) is 0 Å². The van der Waals surface area contributed by atoms with Crippen LogP contribution in [0.15, 0.2) is 18.2 Å². The van der Waals surface area contributed by atoms with Gasteiger partial charge in [-0.15, -0.1) is 11.6 Å². The van der Waals surface area contributed by atoms with Crippen LogP contribution < -0.4 is 5.32 Å². The second-order valence-electron chi connectivity index (χ2n) is 2.87. The van der Waals surface area contributed by atoms with Crippen LogP contribution in [0.25, 0.3) is 0 Å². The van der Waals surface area contributed by atoms with E-state index in [1.807, 2.05) is 0 Å². The molecule has 0 saturated carbocycles. The van der Waals surface area contributed by atoms with Gasteiger partial charge in [0, 0.05) is 29.7 Å². The Morgan fingerprint density at radius 2 is 2.29 bits per heavy atom. The van der Waals surface area contributed by atoms with E-state index in [-0.39, 0.29) is 10.6 Å². The molecule has 1 aromatic rings. The van der Waals surface area contributed by atoms with Gasteiger partial charge in [0.15, 0.2) is 0 Å². The Morgan fingerprint density at radius 1 is 1.57 bits per heavy atom. The molecule has 0 radical (unpaired) electrons. The Morgan fingerprint density at radius 3 is 2.86 bits per heavy atom. The van der Waals surface area contributed by atoms with Crippen LogP contribution in [0.2, 0.25) is 0 Å². The van der Waals surface area contributed by atoms with Crippen molar-refractivity contribution in [3.63, 3.8) is 0 Å². The van der Waals surface area contributed by atoms with E-state index in [2.05, 4.69) is 5.32 Å². The van der Waals surface area contributed by atoms with E-state index in [1.165, 1.54) is 6.07 Å². The lowest BCUT2D eigenvalue weighted by molar-refractivity contribution is -0.385. The van der Waals surface area contributed by atoms with E-state index in [1.54, 1.807) is 19.1 Å². The van der Waals surface area contributed by atoms with Gasteiger partial charge in [0.05, 0.1) is 4.92 Å². The van der Waals surface area contributed by atoms with Crippen LogP contribution in [-0.4, -0.2) is 17.3 Å². The van der Waals surface area contributed by atoms with E-state index in [0.29, 0.717) is 18.0 Å². The van der Waals surface area contributed by atoms with E-state index in [4.69, 9.17) is 11.6 Å². The Kier molecular flexibility index (Phi) is 3.71. The molecular formula is C9H11ClN2O2. The number of rotatable bonds is 4. The van der Waals surface area contributed by atoms with Gasteiger partial charge in [0.25, 0.3) is 5.69 Å². The number of anilines is 1. The van der Waals surface area contributed by atoms with Gasteiger partial charge in [-0.05, 0) is 13.0 Å². The lowest BCUT2D eigenvalue weighted by Crippen LogP contribution is -2.03. The number of benzene rings is 1. The number of hydrogen-bond donors (Lipinski definition) is 1. The summed E-state index contributed by atoms with van der Waals surface area (Å²) in [5.74, 6) is 0.474. The smallest absolute Gasteiger partial charge is 0.274 e. The topological polar surface area (TPSA) is 55.2 Å². The Bertz CT molecular complexity index is 342. The van der Waals surface area contributed by atoms with Crippen LogP contribution in [0, 0.1) is 17.0 Å². The molecule has 1 rings (SSSR count). The normalized spacial score (nSPS) is 9.86. The molecule has 0 heterocycles. The Balaban J connectivity index is 2.89. The van der Waals surface area contributed by atoms with Crippen LogP contribution in [0.4, 0.5) is 11.4 Å². The van der Waals surface area contributed by atoms with Gasteiger partial charge in [-0.3, -0.25) is 10.1 Å². The lowest BCUT2D eigenvalue weighted by Gasteiger charge is -2.04. The first-order chi connectivity index (χ1) is 6.65. The van der Waals surface area contributed by atoms with Crippen molar-refractivity contribution in [2.24, 2.45) is 0 Å². The number of nitrogens with one attached hydrogen (secondary N) is 1. The largest absolute Gasteiger partial charge is 0.384 e. The molecule has 0 aliphatic rings. The zero-order valence-electron chi connectivity index (χ0n) is 7.79. The number of nitro benzene ring substituents is 1. The van der Waals surface area contributed by atoms with Crippen molar-refractivity contribution in [2.75, 3.05) is 17.7 Å². The summed E-state index contributed by atoms with van der Waals surface area (Å²) in [6.45, 7) is 2.31. The van der Waals surface area contributed by atoms with E-state index < -0.39 is 0 Å². The molecule has 0 bridgehead atoms. The summed E-state index contributed by atoms with van der Waals surface area (Å²) in [5.41, 5.74) is 1.51. The highest BCUT2D eigenvalue weighted by molar-refractivity contribution is 6.18. The van der Waals surface area contributed by atoms with Crippen LogP contribution >= 0.6 is 11.6 Å². The lowest BCUT2D eigenvalue weighted by atomic mass is 10.2. The first-order valence-electron chi connectivity index (χ1n) is 4.20. The number of alkyl halides is 1. The molecule has 0 fully saturated rings. The van der Waals surface area contributed by atoms with E-state index in [0.717, 1.165) is 5.69 Å². The quantitative estimate of drug-likeness (QED) is 0.476. The minimum absolute atomic E-state index is 0.129. The highest BCUT2D eigenvalue weighted by Gasteiger charge is 2.10. The van der Waals surface area contributed by atoms with Gasteiger partial charge in [0.1, 0.15) is 0 Å². The predicted molar refractivity (Wildman–Crippen MR) is 57.0 cm³/mol. The molecule has 0 saturated heterocycles. The summed E-state index contributed by atoms with van der Waals surface area (Å²) in [6, 6.07) is 5.03. The monoisotopic (exact) mass is 214 g/mol. The minimum atomic E-state index is -0.388. The highest BCUT2D eigenvalue weighted by atomic mass is 35.5. The van der Waals surface area contributed by atoms with Crippen molar-refractivity contribution < 1.29 is 4.92 Å². The minimum Gasteiger partial charge on any atom is -0.384 e. The van der Waals surface area contributed by atoms with Gasteiger partial charge < -0.3 is 5.32 Å². The maximum absolute atomic E-state index is 10.6. The van der Waals surface area contributed by atoms with Crippen molar-refractivity contribution in [3.8, 4) is 0 Å². The fraction of sp³-hybridized carbons (Fsp3) is 0.333. The van der Waals surface area contributed by atoms with Crippen molar-refractivity contribution in [1.82, 2.24) is 0 Å². The summed E-state index contributed by atoms with van der Waals surface area (Å²) in [6.07, 6.45) is 0. The number of aryl methyl sites for hydroxylation is 1. The average molecular weight is 215 g/mol. The maximum atomic E-state index is 10.6. The number of nitrogens with zero attached hydrogens (tertiary/aromatic N) is 1. The van der Waals surface area contributed by atoms with Crippen molar-refractivity contribution >= 4 is 23.0 Å². The summed E-state index contributed by atoms with van der Waals surface area (Å²) in [5, 5.41) is 13.6. The molecule has 0 aromatic heterocycles. The predicted octanol–water partition coefficient (Wildman–Crippen LogP) is 2.55. The number of hydrogen-bond acceptors (Lipinski definition) is 3. The molecule has 0 spiro atoms. The molecule has 14 heavy (non-hydrogen) atoms. The third kappa shape index (κ3) is 2.60. The first kappa shape index (κ1) is 10.8. The van der Waals surface area contributed by atoms with E-state index in [9.17, 15) is 10.1 Å². The fourth-order valence-corrected chi connectivity index (χ4v) is 1.20. The molecule has 0 atom stereocenters. The van der Waals surface area contributed by atoms with Crippen molar-refractivity contribution in [2.45, 2.75) is 6.92 Å². The van der Waals surface area contributed by atoms with Gasteiger partial charge in [-0.2, -0.15) is 0 Å². The zero-order chi connectivity index (χ0) is 10.6. The van der Waals surface area contributed by atoms with Crippen LogP contribution in [0.1, 0.15) is 5.56 Å². The number of nitro groups is 1. The molecule has 4 nitrogen and oxygen atoms in total. The molecule has 76 valence electrons. The van der Waals surface area contributed by atoms with Gasteiger partial charge in [0.2, 0.25) is 0 Å². The standard InChI is InChI=1S/C9H11ClN2O2/c1-7-2-3-8(11-5-4-10)6-9(7)12(13)14/h2-3,6,11H,4-5H2,1H3. The van der Waals surface area contributed by atoms with Crippen molar-refractivity contribution in [3.05, 3.63) is 33.9 Å². The van der Waals surface area contributed by atoms with E-state index >= 15 is 0 Å². The third-order valence-electron chi connectivity index (χ3n) is 1.83. The summed E-state index contributed by atoms with van der Waals surface area (Å²) < 4.78 is 0. The molecule has 0 unspecified atom stereocenters. The maximum Gasteiger partial charge on any atom is 0.274 e. The Hall–Kier alpha value is -1.29. The van der Waals surface area contributed by atoms with Crippen LogP contribution in [-0.2, 0) is 0 Å². The van der Waals surface area contributed by atoms with Crippen LogP contribution in [0.3, 0.4) is 0 Å². The molecule has 1 N–H and O–H groups in total. The molecular weight excluding hydrogens is 204 g/mol. The van der Waals surface area contributed by atoms with Gasteiger partial charge in [-0.25, -0.2) is 0 Å². The fourth-order valence-electron chi connectivity index (χ4n) is 1.11. The third-order valence-corrected chi connectivity index (χ3v) is 2.02. The number of halogens is 1. The zero-order valence-corrected chi connectivity index (χ0v) is 8.54.